The fourth-order valence-corrected chi connectivity index (χ4v) is 3.54. The molecule has 1 fully saturated rings. The molecule has 1 aromatic heterocycles. The van der Waals surface area contributed by atoms with Crippen molar-refractivity contribution in [2.45, 2.75) is 19.8 Å². The topological polar surface area (TPSA) is 77.2 Å². The van der Waals surface area contributed by atoms with E-state index in [1.54, 1.807) is 0 Å². The molecule has 1 aliphatic rings. The lowest BCUT2D eigenvalue weighted by molar-refractivity contribution is -0.130. The van der Waals surface area contributed by atoms with Gasteiger partial charge in [-0.1, -0.05) is 24.3 Å². The van der Waals surface area contributed by atoms with Crippen molar-refractivity contribution in [2.24, 2.45) is 11.1 Å². The van der Waals surface area contributed by atoms with Gasteiger partial charge in [0.2, 0.25) is 5.91 Å². The summed E-state index contributed by atoms with van der Waals surface area (Å²) in [5, 5.41) is 5.53. The lowest BCUT2D eigenvalue weighted by atomic mass is 9.79. The summed E-state index contributed by atoms with van der Waals surface area (Å²) in [4.78, 5) is 17.2. The van der Waals surface area contributed by atoms with Crippen LogP contribution in [0.25, 0.3) is 11.3 Å². The van der Waals surface area contributed by atoms with E-state index in [2.05, 4.69) is 23.3 Å². The van der Waals surface area contributed by atoms with Crippen LogP contribution in [0.5, 0.6) is 0 Å². The van der Waals surface area contributed by atoms with Gasteiger partial charge in [0.05, 0.1) is 11.1 Å². The smallest absolute Gasteiger partial charge is 0.233 e. The standard InChI is InChI=1S/C17H21N3O2S.ClH/c1-12-4-2-3-5-13(12)14-10-23-16(19-14)20-15(21)17(11-18)6-8-22-9-7-17;/h2-5,10H,6-9,11,18H2,1H3,(H,19,20,21);1H. The monoisotopic (exact) mass is 367 g/mol. The zero-order chi connectivity index (χ0) is 16.3. The highest BCUT2D eigenvalue weighted by atomic mass is 35.5. The summed E-state index contributed by atoms with van der Waals surface area (Å²) >= 11 is 1.44. The second kappa shape index (κ2) is 8.07. The number of carbonyl (C=O) groups is 1. The quantitative estimate of drug-likeness (QED) is 0.869. The van der Waals surface area contributed by atoms with E-state index in [9.17, 15) is 4.79 Å². The minimum absolute atomic E-state index is 0. The molecule has 0 spiro atoms. The Balaban J connectivity index is 0.00000208. The number of aromatic nitrogens is 1. The Labute approximate surface area is 152 Å². The van der Waals surface area contributed by atoms with Crippen LogP contribution in [0.4, 0.5) is 5.13 Å². The first-order valence-electron chi connectivity index (χ1n) is 7.75. The van der Waals surface area contributed by atoms with Gasteiger partial charge in [0.15, 0.2) is 5.13 Å². The van der Waals surface area contributed by atoms with E-state index < -0.39 is 5.41 Å². The van der Waals surface area contributed by atoms with Crippen molar-refractivity contribution in [2.75, 3.05) is 25.1 Å². The van der Waals surface area contributed by atoms with Crippen LogP contribution in [0.3, 0.4) is 0 Å². The van der Waals surface area contributed by atoms with Crippen molar-refractivity contribution in [3.63, 3.8) is 0 Å². The molecule has 0 unspecified atom stereocenters. The molecule has 1 aliphatic heterocycles. The predicted octanol–water partition coefficient (Wildman–Crippen LogP) is 3.23. The molecule has 0 saturated carbocycles. The fraction of sp³-hybridized carbons (Fsp3) is 0.412. The van der Waals surface area contributed by atoms with Crippen LogP contribution in [0, 0.1) is 12.3 Å². The Morgan fingerprint density at radius 3 is 2.75 bits per heavy atom. The summed E-state index contributed by atoms with van der Waals surface area (Å²) in [7, 11) is 0. The SMILES string of the molecule is Cc1ccccc1-c1csc(NC(=O)C2(CN)CCOCC2)n1.Cl. The minimum Gasteiger partial charge on any atom is -0.381 e. The zero-order valence-corrected chi connectivity index (χ0v) is 15.2. The van der Waals surface area contributed by atoms with E-state index in [1.807, 2.05) is 23.6 Å². The van der Waals surface area contributed by atoms with Crippen LogP contribution in [0.15, 0.2) is 29.6 Å². The normalized spacial score (nSPS) is 16.2. The van der Waals surface area contributed by atoms with E-state index in [1.165, 1.54) is 16.9 Å². The highest BCUT2D eigenvalue weighted by molar-refractivity contribution is 7.14. The number of rotatable bonds is 4. The number of benzene rings is 1. The number of aryl methyl sites for hydroxylation is 1. The molecule has 1 amide bonds. The second-order valence-corrected chi connectivity index (χ2v) is 6.76. The molecule has 3 rings (SSSR count). The third-order valence-electron chi connectivity index (χ3n) is 4.47. The summed E-state index contributed by atoms with van der Waals surface area (Å²) < 4.78 is 5.35. The maximum absolute atomic E-state index is 12.7. The number of amides is 1. The number of nitrogens with two attached hydrogens (primary N) is 1. The van der Waals surface area contributed by atoms with Crippen molar-refractivity contribution >= 4 is 34.8 Å². The third-order valence-corrected chi connectivity index (χ3v) is 5.23. The molecular weight excluding hydrogens is 346 g/mol. The summed E-state index contributed by atoms with van der Waals surface area (Å²) in [6, 6.07) is 8.09. The number of hydrogen-bond donors (Lipinski definition) is 2. The maximum atomic E-state index is 12.7. The lowest BCUT2D eigenvalue weighted by Crippen LogP contribution is -2.46. The van der Waals surface area contributed by atoms with Gasteiger partial charge in [0.1, 0.15) is 0 Å². The van der Waals surface area contributed by atoms with Crippen LogP contribution in [0.2, 0.25) is 0 Å². The number of hydrogen-bond acceptors (Lipinski definition) is 5. The average molecular weight is 368 g/mol. The van der Waals surface area contributed by atoms with Gasteiger partial charge in [0.25, 0.3) is 0 Å². The van der Waals surface area contributed by atoms with Crippen molar-refractivity contribution in [1.82, 2.24) is 4.98 Å². The fourth-order valence-electron chi connectivity index (χ4n) is 2.83. The second-order valence-electron chi connectivity index (χ2n) is 5.90. The van der Waals surface area contributed by atoms with E-state index in [-0.39, 0.29) is 18.3 Å². The Hall–Kier alpha value is -1.47. The van der Waals surface area contributed by atoms with Crippen LogP contribution in [-0.4, -0.2) is 30.6 Å². The molecule has 0 atom stereocenters. The summed E-state index contributed by atoms with van der Waals surface area (Å²) in [5.74, 6) is -0.0472. The molecule has 0 radical (unpaired) electrons. The van der Waals surface area contributed by atoms with Gasteiger partial charge in [0, 0.05) is 30.7 Å². The summed E-state index contributed by atoms with van der Waals surface area (Å²) in [6.45, 7) is 3.55. The Morgan fingerprint density at radius 1 is 1.38 bits per heavy atom. The number of anilines is 1. The highest BCUT2D eigenvalue weighted by Crippen LogP contribution is 2.32. The molecule has 130 valence electrons. The largest absolute Gasteiger partial charge is 0.381 e. The Kier molecular flexibility index (Phi) is 6.34. The first-order chi connectivity index (χ1) is 11.1. The molecule has 1 aromatic carbocycles. The molecule has 2 heterocycles. The van der Waals surface area contributed by atoms with Gasteiger partial charge >= 0.3 is 0 Å². The molecule has 2 aromatic rings. The van der Waals surface area contributed by atoms with Gasteiger partial charge in [-0.05, 0) is 25.3 Å². The Bertz CT molecular complexity index is 699. The zero-order valence-electron chi connectivity index (χ0n) is 13.6. The van der Waals surface area contributed by atoms with E-state index in [0.717, 1.165) is 11.3 Å². The molecule has 0 bridgehead atoms. The van der Waals surface area contributed by atoms with E-state index >= 15 is 0 Å². The molecule has 3 N–H and O–H groups in total. The number of thiazole rings is 1. The number of nitrogens with one attached hydrogen (secondary N) is 1. The van der Waals surface area contributed by atoms with Gasteiger partial charge in [-0.3, -0.25) is 4.79 Å². The third kappa shape index (κ3) is 3.78. The van der Waals surface area contributed by atoms with Crippen molar-refractivity contribution in [3.05, 3.63) is 35.2 Å². The van der Waals surface area contributed by atoms with E-state index in [0.29, 0.717) is 37.7 Å². The summed E-state index contributed by atoms with van der Waals surface area (Å²) in [6.07, 6.45) is 1.32. The van der Waals surface area contributed by atoms with Crippen molar-refractivity contribution in [3.8, 4) is 11.3 Å². The number of carbonyl (C=O) groups excluding carboxylic acids is 1. The predicted molar refractivity (Wildman–Crippen MR) is 99.7 cm³/mol. The molecule has 24 heavy (non-hydrogen) atoms. The van der Waals surface area contributed by atoms with Gasteiger partial charge in [-0.15, -0.1) is 23.7 Å². The molecule has 1 saturated heterocycles. The molecule has 5 nitrogen and oxygen atoms in total. The van der Waals surface area contributed by atoms with Gasteiger partial charge in [-0.2, -0.15) is 0 Å². The molecule has 7 heteroatoms. The molecular formula is C17H22ClN3O2S. The minimum atomic E-state index is -0.535. The lowest BCUT2D eigenvalue weighted by Gasteiger charge is -2.34. The van der Waals surface area contributed by atoms with Crippen LogP contribution < -0.4 is 11.1 Å². The van der Waals surface area contributed by atoms with Crippen molar-refractivity contribution < 1.29 is 9.53 Å². The summed E-state index contributed by atoms with van der Waals surface area (Å²) in [5.41, 5.74) is 8.48. The van der Waals surface area contributed by atoms with E-state index in [4.69, 9.17) is 10.5 Å². The highest BCUT2D eigenvalue weighted by Gasteiger charge is 2.39. The van der Waals surface area contributed by atoms with Crippen molar-refractivity contribution in [1.29, 1.82) is 0 Å². The maximum Gasteiger partial charge on any atom is 0.233 e. The van der Waals surface area contributed by atoms with Crippen LogP contribution in [-0.2, 0) is 9.53 Å². The first kappa shape index (κ1) is 18.9. The number of halogens is 1. The van der Waals surface area contributed by atoms with Crippen LogP contribution in [0.1, 0.15) is 18.4 Å². The Morgan fingerprint density at radius 2 is 2.08 bits per heavy atom. The number of nitrogens with zero attached hydrogens (tertiary/aromatic N) is 1. The first-order valence-corrected chi connectivity index (χ1v) is 8.63. The van der Waals surface area contributed by atoms with Gasteiger partial charge in [-0.25, -0.2) is 4.98 Å². The van der Waals surface area contributed by atoms with Crippen LogP contribution >= 0.6 is 23.7 Å². The number of ether oxygens (including phenoxy) is 1. The van der Waals surface area contributed by atoms with Gasteiger partial charge < -0.3 is 15.8 Å². The molecule has 0 aliphatic carbocycles. The average Bonchev–Trinajstić information content (AvgIpc) is 3.04.